The van der Waals surface area contributed by atoms with Crippen molar-refractivity contribution in [3.8, 4) is 11.3 Å². The Kier molecular flexibility index (Phi) is 3.97. The van der Waals surface area contributed by atoms with Gasteiger partial charge in [-0.1, -0.05) is 25.2 Å². The average Bonchev–Trinajstić information content (AvgIpc) is 3.41. The highest BCUT2D eigenvalue weighted by Gasteiger charge is 2.26. The molecular weight excluding hydrogens is 372 g/mol. The Hall–Kier alpha value is -2.74. The molecule has 0 unspecified atom stereocenters. The lowest BCUT2D eigenvalue weighted by molar-refractivity contribution is 0.0792. The van der Waals surface area contributed by atoms with Crippen molar-refractivity contribution < 1.29 is 4.79 Å². The zero-order chi connectivity index (χ0) is 19.4. The van der Waals surface area contributed by atoms with Gasteiger partial charge in [-0.15, -0.1) is 0 Å². The Morgan fingerprint density at radius 2 is 2.07 bits per heavy atom. The van der Waals surface area contributed by atoms with E-state index in [2.05, 4.69) is 35.0 Å². The van der Waals surface area contributed by atoms with E-state index in [9.17, 15) is 4.79 Å². The summed E-state index contributed by atoms with van der Waals surface area (Å²) >= 11 is 1.46. The van der Waals surface area contributed by atoms with Gasteiger partial charge in [0.25, 0.3) is 5.91 Å². The quantitative estimate of drug-likeness (QED) is 0.570. The number of carbonyl (C=O) groups excluding carboxylic acids is 1. The molecule has 28 heavy (non-hydrogen) atoms. The van der Waals surface area contributed by atoms with E-state index >= 15 is 0 Å². The van der Waals surface area contributed by atoms with Crippen LogP contribution in [0.3, 0.4) is 0 Å². The van der Waals surface area contributed by atoms with Crippen molar-refractivity contribution in [1.29, 1.82) is 0 Å². The average molecular weight is 395 g/mol. The van der Waals surface area contributed by atoms with Gasteiger partial charge in [0.05, 0.1) is 5.69 Å². The van der Waals surface area contributed by atoms with Crippen molar-refractivity contribution >= 4 is 33.2 Å². The first-order valence-electron chi connectivity index (χ1n) is 9.65. The maximum atomic E-state index is 12.8. The molecule has 4 aromatic heterocycles. The van der Waals surface area contributed by atoms with Gasteiger partial charge in [-0.2, -0.15) is 5.10 Å². The number of carbonyl (C=O) groups is 1. The third-order valence-electron chi connectivity index (χ3n) is 5.39. The zero-order valence-corrected chi connectivity index (χ0v) is 17.0. The molecule has 0 radical (unpaired) electrons. The minimum absolute atomic E-state index is 0.0586. The number of aromatic amines is 1. The van der Waals surface area contributed by atoms with Gasteiger partial charge in [-0.05, 0) is 37.3 Å². The van der Waals surface area contributed by atoms with Crippen LogP contribution in [0.25, 0.3) is 27.3 Å². The third-order valence-corrected chi connectivity index (χ3v) is 6.35. The molecule has 5 heterocycles. The predicted molar refractivity (Wildman–Crippen MR) is 110 cm³/mol. The lowest BCUT2D eigenvalue weighted by Gasteiger charge is -2.13. The molecule has 5 rings (SSSR count). The summed E-state index contributed by atoms with van der Waals surface area (Å²) in [7, 11) is 0. The van der Waals surface area contributed by atoms with Crippen LogP contribution in [0, 0.1) is 6.92 Å². The predicted octanol–water partition coefficient (Wildman–Crippen LogP) is 4.00. The third kappa shape index (κ3) is 2.63. The number of thiazole rings is 1. The normalized spacial score (nSPS) is 14.8. The van der Waals surface area contributed by atoms with Gasteiger partial charge in [-0.25, -0.2) is 14.5 Å². The Morgan fingerprint density at radius 1 is 1.29 bits per heavy atom. The fraction of sp³-hybridized carbons (Fsp3) is 0.400. The molecule has 144 valence electrons. The van der Waals surface area contributed by atoms with Gasteiger partial charge in [0.1, 0.15) is 16.7 Å². The Labute approximate surface area is 166 Å². The van der Waals surface area contributed by atoms with Crippen LogP contribution in [0.4, 0.5) is 0 Å². The highest BCUT2D eigenvalue weighted by atomic mass is 32.1. The van der Waals surface area contributed by atoms with Gasteiger partial charge in [0, 0.05) is 30.4 Å². The molecule has 0 spiro atoms. The molecule has 7 nitrogen and oxygen atoms in total. The van der Waals surface area contributed by atoms with E-state index in [4.69, 9.17) is 4.98 Å². The molecule has 0 bridgehead atoms. The van der Waals surface area contributed by atoms with Gasteiger partial charge in [0.15, 0.2) is 10.7 Å². The summed E-state index contributed by atoms with van der Waals surface area (Å²) in [5, 5.41) is 4.87. The largest absolute Gasteiger partial charge is 0.345 e. The van der Waals surface area contributed by atoms with E-state index in [1.165, 1.54) is 11.3 Å². The summed E-state index contributed by atoms with van der Waals surface area (Å²) < 4.78 is 1.81. The zero-order valence-electron chi connectivity index (χ0n) is 16.2. The fourth-order valence-electron chi connectivity index (χ4n) is 4.05. The number of aryl methyl sites for hydroxylation is 1. The highest BCUT2D eigenvalue weighted by molar-refractivity contribution is 7.20. The van der Waals surface area contributed by atoms with Gasteiger partial charge in [0.2, 0.25) is 0 Å². The number of nitrogens with zero attached hydrogens (tertiary/aromatic N) is 5. The molecule has 8 heteroatoms. The van der Waals surface area contributed by atoms with Crippen LogP contribution < -0.4 is 0 Å². The first-order valence-corrected chi connectivity index (χ1v) is 10.5. The maximum absolute atomic E-state index is 12.8. The van der Waals surface area contributed by atoms with Crippen LogP contribution in [0.1, 0.15) is 53.5 Å². The summed E-state index contributed by atoms with van der Waals surface area (Å²) in [6.07, 6.45) is 5.73. The minimum Gasteiger partial charge on any atom is -0.345 e. The summed E-state index contributed by atoms with van der Waals surface area (Å²) in [6, 6.07) is 2.13. The molecule has 1 aliphatic rings. The van der Waals surface area contributed by atoms with Crippen LogP contribution in [0.15, 0.2) is 18.6 Å². The summed E-state index contributed by atoms with van der Waals surface area (Å²) in [5.41, 5.74) is 6.08. The number of likely N-dealkylation sites (tertiary alicyclic amines) is 1. The molecular formula is C20H22N6OS. The van der Waals surface area contributed by atoms with Crippen molar-refractivity contribution in [3.63, 3.8) is 0 Å². The first kappa shape index (κ1) is 17.4. The Morgan fingerprint density at radius 3 is 2.82 bits per heavy atom. The van der Waals surface area contributed by atoms with E-state index in [1.807, 2.05) is 18.0 Å². The molecule has 1 saturated heterocycles. The fourth-order valence-corrected chi connectivity index (χ4v) is 5.01. The monoisotopic (exact) mass is 394 g/mol. The number of amides is 1. The minimum atomic E-state index is 0.0586. The van der Waals surface area contributed by atoms with Crippen LogP contribution in [-0.2, 0) is 0 Å². The number of aromatic nitrogens is 5. The Balaban J connectivity index is 1.63. The number of hydrogen-bond donors (Lipinski definition) is 1. The second kappa shape index (κ2) is 6.41. The molecule has 0 saturated carbocycles. The summed E-state index contributed by atoms with van der Waals surface area (Å²) in [6.45, 7) is 8.04. The second-order valence-electron chi connectivity index (χ2n) is 7.70. The molecule has 1 N–H and O–H groups in total. The van der Waals surface area contributed by atoms with Crippen molar-refractivity contribution in [2.75, 3.05) is 13.1 Å². The number of H-pyrrole nitrogens is 1. The molecule has 4 aromatic rings. The second-order valence-corrected chi connectivity index (χ2v) is 8.70. The van der Waals surface area contributed by atoms with Crippen molar-refractivity contribution in [2.45, 2.75) is 39.5 Å². The van der Waals surface area contributed by atoms with Crippen LogP contribution in [0.2, 0.25) is 0 Å². The number of rotatable bonds is 3. The summed E-state index contributed by atoms with van der Waals surface area (Å²) in [5.74, 6) is 0.329. The van der Waals surface area contributed by atoms with Gasteiger partial charge >= 0.3 is 0 Å². The number of nitrogens with one attached hydrogen (secondary N) is 1. The molecule has 1 aliphatic heterocycles. The van der Waals surface area contributed by atoms with E-state index in [1.54, 1.807) is 10.8 Å². The number of hydrogen-bond acceptors (Lipinski definition) is 5. The number of fused-ring (bicyclic) bond motifs is 2. The van der Waals surface area contributed by atoms with E-state index < -0.39 is 0 Å². The highest BCUT2D eigenvalue weighted by Crippen LogP contribution is 2.38. The topological polar surface area (TPSA) is 79.2 Å². The maximum Gasteiger partial charge on any atom is 0.282 e. The SMILES string of the molecule is Cc1cc(-c2[nH]c3sc(C(=O)N4CCCC4)nc3c2C(C)C)cn2ncnc12. The molecule has 0 aromatic carbocycles. The smallest absolute Gasteiger partial charge is 0.282 e. The summed E-state index contributed by atoms with van der Waals surface area (Å²) in [4.78, 5) is 28.2. The van der Waals surface area contributed by atoms with E-state index in [-0.39, 0.29) is 11.8 Å². The lowest BCUT2D eigenvalue weighted by Crippen LogP contribution is -2.27. The Bertz CT molecular complexity index is 1190. The van der Waals surface area contributed by atoms with Crippen molar-refractivity contribution in [3.05, 3.63) is 34.7 Å². The molecule has 0 atom stereocenters. The number of pyridine rings is 1. The van der Waals surface area contributed by atoms with Gasteiger partial charge in [-0.3, -0.25) is 4.79 Å². The van der Waals surface area contributed by atoms with Crippen LogP contribution >= 0.6 is 11.3 Å². The van der Waals surface area contributed by atoms with Crippen molar-refractivity contribution in [2.24, 2.45) is 0 Å². The first-order chi connectivity index (χ1) is 13.5. The van der Waals surface area contributed by atoms with Crippen LogP contribution in [-0.4, -0.2) is 48.5 Å². The van der Waals surface area contributed by atoms with Crippen LogP contribution in [0.5, 0.6) is 0 Å². The van der Waals surface area contributed by atoms with E-state index in [0.717, 1.165) is 64.3 Å². The van der Waals surface area contributed by atoms with E-state index in [0.29, 0.717) is 5.01 Å². The van der Waals surface area contributed by atoms with Crippen molar-refractivity contribution in [1.82, 2.24) is 29.5 Å². The molecule has 0 aliphatic carbocycles. The molecule has 1 amide bonds. The lowest BCUT2D eigenvalue weighted by atomic mass is 9.99. The molecule has 1 fully saturated rings. The van der Waals surface area contributed by atoms with Gasteiger partial charge < -0.3 is 9.88 Å². The standard InChI is InChI=1S/C20H22N6OS/c1-11(2)14-15(13-8-12(3)17-21-10-22-26(17)9-13)23-18-16(14)24-19(28-18)20(27)25-6-4-5-7-25/h8-11,23H,4-7H2,1-3H3.